The minimum Gasteiger partial charge on any atom is -0.379 e. The summed E-state index contributed by atoms with van der Waals surface area (Å²) in [7, 11) is 3.89. The molecule has 0 bridgehead atoms. The Morgan fingerprint density at radius 2 is 1.86 bits per heavy atom. The molecule has 0 saturated carbocycles. The molecule has 0 saturated heterocycles. The van der Waals surface area contributed by atoms with E-state index in [9.17, 15) is 0 Å². The summed E-state index contributed by atoms with van der Waals surface area (Å²) in [6.07, 6.45) is 2.36. The zero-order chi connectivity index (χ0) is 16.4. The van der Waals surface area contributed by atoms with E-state index >= 15 is 0 Å². The minimum atomic E-state index is 0.299. The molecule has 1 aromatic rings. The van der Waals surface area contributed by atoms with Crippen LogP contribution in [0, 0.1) is 0 Å². The fourth-order valence-corrected chi connectivity index (χ4v) is 2.21. The summed E-state index contributed by atoms with van der Waals surface area (Å²) in [5.74, 6) is 0.920. The van der Waals surface area contributed by atoms with Gasteiger partial charge in [0.2, 0.25) is 0 Å². The van der Waals surface area contributed by atoms with Crippen LogP contribution in [0.4, 0.5) is 0 Å². The fourth-order valence-electron chi connectivity index (χ4n) is 2.21. The smallest absolute Gasteiger partial charge is 0.193 e. The molecule has 0 heterocycles. The van der Waals surface area contributed by atoms with Crippen molar-refractivity contribution in [2.75, 3.05) is 27.2 Å². The predicted molar refractivity (Wildman–Crippen MR) is 94.4 cm³/mol. The molecule has 0 aliphatic rings. The number of rotatable bonds is 8. The van der Waals surface area contributed by atoms with Crippen LogP contribution in [-0.4, -0.2) is 44.2 Å². The number of hydrogen-bond acceptors (Lipinski definition) is 2. The quantitative estimate of drug-likeness (QED) is 0.455. The lowest BCUT2D eigenvalue weighted by Gasteiger charge is -2.22. The van der Waals surface area contributed by atoms with Crippen LogP contribution in [-0.2, 0) is 17.7 Å². The fraction of sp³-hybridized carbons (Fsp3) is 0.611. The second-order valence-electron chi connectivity index (χ2n) is 5.77. The Morgan fingerprint density at radius 1 is 1.23 bits per heavy atom. The first-order valence-corrected chi connectivity index (χ1v) is 8.18. The Hall–Kier alpha value is -1.55. The van der Waals surface area contributed by atoms with Gasteiger partial charge in [-0.1, -0.05) is 31.2 Å². The van der Waals surface area contributed by atoms with Gasteiger partial charge >= 0.3 is 0 Å². The molecule has 0 radical (unpaired) electrons. The monoisotopic (exact) mass is 305 g/mol. The standard InChI is InChI=1S/C18H31N3O/c1-6-16-8-10-17(11-9-16)14-21(5)18(19-4)20-12-7-13-22-15(2)3/h8-11,15H,6-7,12-14H2,1-5H3,(H,19,20). The Balaban J connectivity index is 2.38. The highest BCUT2D eigenvalue weighted by molar-refractivity contribution is 5.79. The Morgan fingerprint density at radius 3 is 2.41 bits per heavy atom. The van der Waals surface area contributed by atoms with Crippen LogP contribution >= 0.6 is 0 Å². The van der Waals surface area contributed by atoms with Crippen LogP contribution in [0.15, 0.2) is 29.3 Å². The summed E-state index contributed by atoms with van der Waals surface area (Å²) < 4.78 is 5.54. The van der Waals surface area contributed by atoms with Crippen molar-refractivity contribution in [1.82, 2.24) is 10.2 Å². The number of aliphatic imine (C=N–C) groups is 1. The van der Waals surface area contributed by atoms with Gasteiger partial charge in [-0.15, -0.1) is 0 Å². The molecule has 0 aliphatic carbocycles. The summed E-state index contributed by atoms with van der Waals surface area (Å²) in [6, 6.07) is 8.78. The number of benzene rings is 1. The van der Waals surface area contributed by atoms with Crippen LogP contribution in [0.3, 0.4) is 0 Å². The van der Waals surface area contributed by atoms with Crippen molar-refractivity contribution in [2.45, 2.75) is 46.3 Å². The topological polar surface area (TPSA) is 36.9 Å². The van der Waals surface area contributed by atoms with E-state index in [0.29, 0.717) is 6.10 Å². The van der Waals surface area contributed by atoms with E-state index in [1.54, 1.807) is 0 Å². The van der Waals surface area contributed by atoms with Crippen LogP contribution in [0.25, 0.3) is 0 Å². The molecule has 4 heteroatoms. The van der Waals surface area contributed by atoms with Gasteiger partial charge in [0.15, 0.2) is 5.96 Å². The molecule has 0 atom stereocenters. The lowest BCUT2D eigenvalue weighted by molar-refractivity contribution is 0.0776. The molecule has 0 spiro atoms. The summed E-state index contributed by atoms with van der Waals surface area (Å²) in [5, 5.41) is 3.38. The third-order valence-corrected chi connectivity index (χ3v) is 3.48. The molecule has 22 heavy (non-hydrogen) atoms. The predicted octanol–water partition coefficient (Wildman–Crippen LogP) is 3.07. The lowest BCUT2D eigenvalue weighted by Crippen LogP contribution is -2.39. The first kappa shape index (κ1) is 18.5. The van der Waals surface area contributed by atoms with E-state index in [-0.39, 0.29) is 0 Å². The zero-order valence-electron chi connectivity index (χ0n) is 14.7. The maximum absolute atomic E-state index is 5.54. The van der Waals surface area contributed by atoms with E-state index in [0.717, 1.165) is 38.5 Å². The summed E-state index contributed by atoms with van der Waals surface area (Å²) >= 11 is 0. The van der Waals surface area contributed by atoms with E-state index in [4.69, 9.17) is 4.74 Å². The highest BCUT2D eigenvalue weighted by Gasteiger charge is 2.06. The van der Waals surface area contributed by atoms with E-state index in [2.05, 4.69) is 67.3 Å². The Kier molecular flexibility index (Phi) is 8.60. The van der Waals surface area contributed by atoms with Crippen LogP contribution in [0.2, 0.25) is 0 Å². The average Bonchev–Trinajstić information content (AvgIpc) is 2.51. The van der Waals surface area contributed by atoms with Crippen LogP contribution in [0.1, 0.15) is 38.3 Å². The Bertz CT molecular complexity index is 440. The SMILES string of the molecule is CCc1ccc(CN(C)C(=NC)NCCCOC(C)C)cc1. The number of hydrogen-bond donors (Lipinski definition) is 1. The summed E-state index contributed by atoms with van der Waals surface area (Å²) in [5.41, 5.74) is 2.67. The van der Waals surface area contributed by atoms with Gasteiger partial charge in [0.25, 0.3) is 0 Å². The van der Waals surface area contributed by atoms with E-state index in [1.807, 2.05) is 7.05 Å². The molecular formula is C18H31N3O. The van der Waals surface area contributed by atoms with Gasteiger partial charge in [0, 0.05) is 33.8 Å². The second kappa shape index (κ2) is 10.2. The third-order valence-electron chi connectivity index (χ3n) is 3.48. The van der Waals surface area contributed by atoms with Crippen molar-refractivity contribution in [3.05, 3.63) is 35.4 Å². The lowest BCUT2D eigenvalue weighted by atomic mass is 10.1. The molecule has 0 aromatic heterocycles. The molecule has 0 fully saturated rings. The second-order valence-corrected chi connectivity index (χ2v) is 5.77. The van der Waals surface area contributed by atoms with Crippen molar-refractivity contribution in [1.29, 1.82) is 0 Å². The van der Waals surface area contributed by atoms with Gasteiger partial charge < -0.3 is 15.0 Å². The molecule has 1 aromatic carbocycles. The van der Waals surface area contributed by atoms with Crippen molar-refractivity contribution in [3.8, 4) is 0 Å². The zero-order valence-corrected chi connectivity index (χ0v) is 14.7. The van der Waals surface area contributed by atoms with E-state index < -0.39 is 0 Å². The third kappa shape index (κ3) is 6.94. The highest BCUT2D eigenvalue weighted by Crippen LogP contribution is 2.07. The van der Waals surface area contributed by atoms with Gasteiger partial charge in [-0.3, -0.25) is 4.99 Å². The van der Waals surface area contributed by atoms with Crippen molar-refractivity contribution < 1.29 is 4.74 Å². The van der Waals surface area contributed by atoms with Crippen molar-refractivity contribution >= 4 is 5.96 Å². The number of aryl methyl sites for hydroxylation is 1. The van der Waals surface area contributed by atoms with Gasteiger partial charge in [0.05, 0.1) is 6.10 Å². The normalized spacial score (nSPS) is 11.8. The van der Waals surface area contributed by atoms with Gasteiger partial charge in [-0.05, 0) is 37.8 Å². The number of guanidine groups is 1. The highest BCUT2D eigenvalue weighted by atomic mass is 16.5. The molecule has 0 amide bonds. The Labute approximate surface area is 135 Å². The van der Waals surface area contributed by atoms with Crippen LogP contribution < -0.4 is 5.32 Å². The minimum absolute atomic E-state index is 0.299. The van der Waals surface area contributed by atoms with Crippen LogP contribution in [0.5, 0.6) is 0 Å². The maximum Gasteiger partial charge on any atom is 0.193 e. The average molecular weight is 305 g/mol. The number of nitrogens with one attached hydrogen (secondary N) is 1. The molecule has 1 N–H and O–H groups in total. The summed E-state index contributed by atoms with van der Waals surface area (Å²) in [6.45, 7) is 8.80. The summed E-state index contributed by atoms with van der Waals surface area (Å²) in [4.78, 5) is 6.48. The maximum atomic E-state index is 5.54. The molecule has 0 unspecified atom stereocenters. The molecule has 0 aliphatic heterocycles. The van der Waals surface area contributed by atoms with E-state index in [1.165, 1.54) is 11.1 Å². The molecule has 124 valence electrons. The van der Waals surface area contributed by atoms with Gasteiger partial charge in [0.1, 0.15) is 0 Å². The first-order valence-electron chi connectivity index (χ1n) is 8.18. The molecule has 4 nitrogen and oxygen atoms in total. The molecule has 1 rings (SSSR count). The first-order chi connectivity index (χ1) is 10.6. The molecular weight excluding hydrogens is 274 g/mol. The van der Waals surface area contributed by atoms with Crippen molar-refractivity contribution in [2.24, 2.45) is 4.99 Å². The van der Waals surface area contributed by atoms with Gasteiger partial charge in [-0.2, -0.15) is 0 Å². The van der Waals surface area contributed by atoms with Crippen molar-refractivity contribution in [3.63, 3.8) is 0 Å². The number of nitrogens with zero attached hydrogens (tertiary/aromatic N) is 2. The largest absolute Gasteiger partial charge is 0.379 e. The van der Waals surface area contributed by atoms with Gasteiger partial charge in [-0.25, -0.2) is 0 Å². The number of ether oxygens (including phenoxy) is 1.